The number of hydrogen-bond acceptors (Lipinski definition) is 3. The normalized spacial score (nSPS) is 11.3. The first-order valence-corrected chi connectivity index (χ1v) is 6.06. The van der Waals surface area contributed by atoms with Gasteiger partial charge in [0.25, 0.3) is 0 Å². The summed E-state index contributed by atoms with van der Waals surface area (Å²) in [5, 5.41) is 3.27. The summed E-state index contributed by atoms with van der Waals surface area (Å²) in [6, 6.07) is -0.328. The molecule has 0 aromatic heterocycles. The fraction of sp³-hybridized carbons (Fsp3) is 0.700. The minimum absolute atomic E-state index is 0.170. The average Bonchev–Trinajstić information content (AvgIpc) is 2.22. The summed E-state index contributed by atoms with van der Waals surface area (Å²) in [5.74, 6) is 0.566. The molecular formula is C10H18N2O2S. The molecule has 0 saturated carbocycles. The summed E-state index contributed by atoms with van der Waals surface area (Å²) in [6.07, 6.45) is 1.42. The highest BCUT2D eigenvalue weighted by atomic mass is 32.2. The number of carbonyl (C=O) groups excluding carboxylic acids is 2. The summed E-state index contributed by atoms with van der Waals surface area (Å²) in [6.45, 7) is 6.17. The van der Waals surface area contributed by atoms with Crippen molar-refractivity contribution in [1.82, 2.24) is 5.32 Å². The molecule has 2 amide bonds. The molecule has 0 spiro atoms. The van der Waals surface area contributed by atoms with E-state index < -0.39 is 0 Å². The predicted molar refractivity (Wildman–Crippen MR) is 64.6 cm³/mol. The van der Waals surface area contributed by atoms with E-state index in [2.05, 4.69) is 10.3 Å². The first kappa shape index (κ1) is 14.2. The van der Waals surface area contributed by atoms with Gasteiger partial charge < -0.3 is 5.32 Å². The number of rotatable bonds is 5. The van der Waals surface area contributed by atoms with E-state index in [9.17, 15) is 9.59 Å². The van der Waals surface area contributed by atoms with Crippen molar-refractivity contribution in [2.75, 3.05) is 12.3 Å². The number of nitrogens with zero attached hydrogens (tertiary/aromatic N) is 1. The minimum Gasteiger partial charge on any atom is -0.336 e. The number of aliphatic imine (C=N–C) groups is 1. The molecule has 15 heavy (non-hydrogen) atoms. The van der Waals surface area contributed by atoms with Crippen LogP contribution in [0.4, 0.5) is 4.79 Å². The maximum Gasteiger partial charge on any atom is 0.341 e. The number of urea groups is 1. The Balaban J connectivity index is 3.86. The first-order chi connectivity index (χ1) is 7.10. The van der Waals surface area contributed by atoms with Crippen molar-refractivity contribution in [2.45, 2.75) is 33.6 Å². The third kappa shape index (κ3) is 8.17. The number of Topliss-reactive ketones (excluding diaryl/α,β-unsaturated/α-hetero) is 1. The van der Waals surface area contributed by atoms with Crippen molar-refractivity contribution in [3.8, 4) is 0 Å². The van der Waals surface area contributed by atoms with Crippen molar-refractivity contribution in [3.05, 3.63) is 0 Å². The van der Waals surface area contributed by atoms with Crippen molar-refractivity contribution in [2.24, 2.45) is 4.99 Å². The van der Waals surface area contributed by atoms with E-state index in [4.69, 9.17) is 0 Å². The monoisotopic (exact) mass is 230 g/mol. The summed E-state index contributed by atoms with van der Waals surface area (Å²) < 4.78 is 0. The van der Waals surface area contributed by atoms with Gasteiger partial charge in [-0.05, 0) is 13.3 Å². The molecular weight excluding hydrogens is 212 g/mol. The van der Waals surface area contributed by atoms with E-state index in [1.54, 1.807) is 6.92 Å². The topological polar surface area (TPSA) is 58.5 Å². The molecule has 5 heteroatoms. The van der Waals surface area contributed by atoms with Crippen molar-refractivity contribution in [1.29, 1.82) is 0 Å². The zero-order chi connectivity index (χ0) is 11.7. The Morgan fingerprint density at radius 1 is 1.33 bits per heavy atom. The molecule has 0 rings (SSSR count). The number of nitrogens with one attached hydrogen (secondary N) is 1. The second-order valence-corrected chi connectivity index (χ2v) is 4.21. The van der Waals surface area contributed by atoms with E-state index >= 15 is 0 Å². The molecule has 0 aromatic carbocycles. The largest absolute Gasteiger partial charge is 0.341 e. The highest BCUT2D eigenvalue weighted by Crippen LogP contribution is 2.05. The fourth-order valence-electron chi connectivity index (χ4n) is 0.734. The highest BCUT2D eigenvalue weighted by molar-refractivity contribution is 8.14. The van der Waals surface area contributed by atoms with Gasteiger partial charge in [0.2, 0.25) is 0 Å². The second-order valence-electron chi connectivity index (χ2n) is 3.04. The van der Waals surface area contributed by atoms with Gasteiger partial charge >= 0.3 is 6.03 Å². The smallest absolute Gasteiger partial charge is 0.336 e. The van der Waals surface area contributed by atoms with Crippen LogP contribution in [-0.4, -0.2) is 29.2 Å². The predicted octanol–water partition coefficient (Wildman–Crippen LogP) is 2.24. The summed E-state index contributed by atoms with van der Waals surface area (Å²) in [4.78, 5) is 25.9. The lowest BCUT2D eigenvalue weighted by Crippen LogP contribution is -2.21. The molecule has 0 saturated heterocycles. The van der Waals surface area contributed by atoms with E-state index in [1.165, 1.54) is 11.8 Å². The molecule has 1 N–H and O–H groups in total. The van der Waals surface area contributed by atoms with Crippen molar-refractivity contribution < 1.29 is 9.59 Å². The molecule has 0 heterocycles. The SMILES string of the molecule is CCCNC(=O)/N=C(/C)SCC(=O)CC. The number of thioether (sulfide) groups is 1. The molecule has 0 aliphatic rings. The van der Waals surface area contributed by atoms with Crippen LogP contribution < -0.4 is 5.32 Å². The molecule has 86 valence electrons. The lowest BCUT2D eigenvalue weighted by Gasteiger charge is -2.00. The highest BCUT2D eigenvalue weighted by Gasteiger charge is 2.02. The molecule has 0 aliphatic heterocycles. The number of amides is 2. The van der Waals surface area contributed by atoms with Crippen LogP contribution >= 0.6 is 11.8 Å². The van der Waals surface area contributed by atoms with Crippen molar-refractivity contribution >= 4 is 28.6 Å². The number of carbonyl (C=O) groups is 2. The quantitative estimate of drug-likeness (QED) is 0.582. The third-order valence-electron chi connectivity index (χ3n) is 1.62. The van der Waals surface area contributed by atoms with Crippen LogP contribution in [0.1, 0.15) is 33.6 Å². The number of hydrogen-bond donors (Lipinski definition) is 1. The Hall–Kier alpha value is -0.840. The van der Waals surface area contributed by atoms with E-state index in [1.807, 2.05) is 13.8 Å². The van der Waals surface area contributed by atoms with Gasteiger partial charge in [-0.15, -0.1) is 11.8 Å². The molecule has 0 aliphatic carbocycles. The Labute approximate surface area is 94.9 Å². The standard InChI is InChI=1S/C10H18N2O2S/c1-4-6-11-10(14)12-8(3)15-7-9(13)5-2/h4-7H2,1-3H3,(H,11,14)/b12-8-. The summed E-state index contributed by atoms with van der Waals surface area (Å²) in [5.41, 5.74) is 0. The first-order valence-electron chi connectivity index (χ1n) is 5.07. The van der Waals surface area contributed by atoms with Gasteiger partial charge in [-0.3, -0.25) is 4.79 Å². The Morgan fingerprint density at radius 3 is 2.53 bits per heavy atom. The second kappa shape index (κ2) is 8.47. The Kier molecular flexibility index (Phi) is 7.99. The van der Waals surface area contributed by atoms with E-state index in [-0.39, 0.29) is 11.8 Å². The average molecular weight is 230 g/mol. The van der Waals surface area contributed by atoms with Gasteiger partial charge in [0.1, 0.15) is 5.78 Å². The summed E-state index contributed by atoms with van der Waals surface area (Å²) in [7, 11) is 0. The van der Waals surface area contributed by atoms with Crippen LogP contribution in [-0.2, 0) is 4.79 Å². The van der Waals surface area contributed by atoms with E-state index in [0.717, 1.165) is 6.42 Å². The van der Waals surface area contributed by atoms with Gasteiger partial charge in [0.15, 0.2) is 0 Å². The lowest BCUT2D eigenvalue weighted by molar-refractivity contribution is -0.116. The van der Waals surface area contributed by atoms with Gasteiger partial charge in [-0.1, -0.05) is 13.8 Å². The van der Waals surface area contributed by atoms with Crippen LogP contribution in [0.3, 0.4) is 0 Å². The molecule has 0 bridgehead atoms. The lowest BCUT2D eigenvalue weighted by atomic mass is 10.4. The van der Waals surface area contributed by atoms with Crippen LogP contribution in [0.25, 0.3) is 0 Å². The minimum atomic E-state index is -0.328. The molecule has 0 aromatic rings. The number of ketones is 1. The van der Waals surface area contributed by atoms with Gasteiger partial charge in [0, 0.05) is 13.0 Å². The summed E-state index contributed by atoms with van der Waals surface area (Å²) >= 11 is 1.31. The van der Waals surface area contributed by atoms with Gasteiger partial charge in [0.05, 0.1) is 10.8 Å². The Bertz CT molecular complexity index is 252. The Morgan fingerprint density at radius 2 is 2.00 bits per heavy atom. The third-order valence-corrected chi connectivity index (χ3v) is 2.60. The molecule has 0 fully saturated rings. The molecule has 0 radical (unpaired) electrons. The van der Waals surface area contributed by atoms with Gasteiger partial charge in [-0.25, -0.2) is 4.79 Å². The van der Waals surface area contributed by atoms with Crippen molar-refractivity contribution in [3.63, 3.8) is 0 Å². The van der Waals surface area contributed by atoms with Crippen LogP contribution in [0.15, 0.2) is 4.99 Å². The zero-order valence-electron chi connectivity index (χ0n) is 9.50. The van der Waals surface area contributed by atoms with Gasteiger partial charge in [-0.2, -0.15) is 4.99 Å². The molecule has 0 atom stereocenters. The van der Waals surface area contributed by atoms with Crippen LogP contribution in [0.2, 0.25) is 0 Å². The molecule has 0 unspecified atom stereocenters. The maximum absolute atomic E-state index is 11.1. The fourth-order valence-corrected chi connectivity index (χ4v) is 1.46. The van der Waals surface area contributed by atoms with Crippen LogP contribution in [0.5, 0.6) is 0 Å². The zero-order valence-corrected chi connectivity index (χ0v) is 10.3. The van der Waals surface area contributed by atoms with Crippen LogP contribution in [0, 0.1) is 0 Å². The van der Waals surface area contributed by atoms with E-state index in [0.29, 0.717) is 23.8 Å². The maximum atomic E-state index is 11.1. The molecule has 4 nitrogen and oxygen atoms in total.